The Balaban J connectivity index is 3.91. The Morgan fingerprint density at radius 3 is 1.55 bits per heavy atom. The molecule has 0 aromatic heterocycles. The molecule has 0 rings (SSSR count). The van der Waals surface area contributed by atoms with E-state index >= 15 is 0 Å². The van der Waals surface area contributed by atoms with E-state index in [0.717, 1.165) is 0 Å². The summed E-state index contributed by atoms with van der Waals surface area (Å²) in [6, 6.07) is 0. The van der Waals surface area contributed by atoms with E-state index in [9.17, 15) is 0 Å². The lowest BCUT2D eigenvalue weighted by molar-refractivity contribution is 0.186. The van der Waals surface area contributed by atoms with Crippen LogP contribution in [-0.2, 0) is 20.9 Å². The third-order valence-corrected chi connectivity index (χ3v) is 3.15. The van der Waals surface area contributed by atoms with Crippen molar-refractivity contribution in [3.05, 3.63) is 0 Å². The summed E-state index contributed by atoms with van der Waals surface area (Å²) in [5.41, 5.74) is -2.28. The van der Waals surface area contributed by atoms with E-state index in [0.29, 0.717) is 0 Å². The molecular formula is C6H15O2PS2. The minimum atomic E-state index is -2.28. The van der Waals surface area contributed by atoms with Gasteiger partial charge in [-0.1, -0.05) is 12.2 Å². The number of hydrogen-bond acceptors (Lipinski definition) is 3. The quantitative estimate of drug-likeness (QED) is 0.573. The Kier molecular flexibility index (Phi) is 5.23. The molecular weight excluding hydrogens is 199 g/mol. The predicted molar refractivity (Wildman–Crippen MR) is 55.7 cm³/mol. The van der Waals surface area contributed by atoms with E-state index in [-0.39, 0.29) is 12.2 Å². The molecule has 0 aromatic rings. The topological polar surface area (TPSA) is 18.5 Å². The number of hydrogen-bond donors (Lipinski definition) is 1. The smallest absolute Gasteiger partial charge is 0.244 e. The molecule has 0 atom stereocenters. The minimum absolute atomic E-state index is 0.0806. The lowest BCUT2D eigenvalue weighted by atomic mass is 10.5. The van der Waals surface area contributed by atoms with Gasteiger partial charge in [-0.2, -0.15) is 0 Å². The third kappa shape index (κ3) is 7.29. The van der Waals surface area contributed by atoms with Crippen molar-refractivity contribution in [2.24, 2.45) is 0 Å². The van der Waals surface area contributed by atoms with Crippen molar-refractivity contribution in [2.75, 3.05) is 0 Å². The van der Waals surface area contributed by atoms with E-state index in [1.54, 1.807) is 0 Å². The molecule has 0 unspecified atom stereocenters. The molecule has 0 aliphatic rings. The SMILES string of the molecule is CC(C)OP(=S)(S)OC(C)C. The average Bonchev–Trinajstić information content (AvgIpc) is 1.53. The van der Waals surface area contributed by atoms with Crippen LogP contribution in [0.4, 0.5) is 0 Å². The van der Waals surface area contributed by atoms with E-state index in [2.05, 4.69) is 12.2 Å². The van der Waals surface area contributed by atoms with Crippen LogP contribution in [0.25, 0.3) is 0 Å². The number of thiol groups is 1. The van der Waals surface area contributed by atoms with Gasteiger partial charge in [0.1, 0.15) is 0 Å². The van der Waals surface area contributed by atoms with Crippen LogP contribution in [-0.4, -0.2) is 12.2 Å². The zero-order valence-electron chi connectivity index (χ0n) is 7.27. The molecule has 0 aliphatic carbocycles. The third-order valence-electron chi connectivity index (χ3n) is 0.688. The standard InChI is InChI=1S/C6H15O2PS2/c1-5(2)7-9(10,11)8-6(3)4/h5-6H,1-4H3,(H,10,11). The van der Waals surface area contributed by atoms with Crippen LogP contribution in [0, 0.1) is 0 Å². The van der Waals surface area contributed by atoms with Gasteiger partial charge < -0.3 is 9.05 Å². The summed E-state index contributed by atoms with van der Waals surface area (Å²) in [5, 5.41) is 0. The van der Waals surface area contributed by atoms with Crippen molar-refractivity contribution >= 4 is 29.7 Å². The number of rotatable bonds is 4. The summed E-state index contributed by atoms with van der Waals surface area (Å²) in [6.45, 7) is 7.67. The van der Waals surface area contributed by atoms with Crippen LogP contribution in [0.2, 0.25) is 0 Å². The maximum Gasteiger partial charge on any atom is 0.244 e. The summed E-state index contributed by atoms with van der Waals surface area (Å²) < 4.78 is 10.6. The van der Waals surface area contributed by atoms with Gasteiger partial charge in [-0.25, -0.2) is 0 Å². The highest BCUT2D eigenvalue weighted by molar-refractivity contribution is 8.60. The molecule has 0 fully saturated rings. The first-order valence-electron chi connectivity index (χ1n) is 3.53. The Morgan fingerprint density at radius 1 is 1.09 bits per heavy atom. The van der Waals surface area contributed by atoms with Gasteiger partial charge in [0.15, 0.2) is 0 Å². The van der Waals surface area contributed by atoms with Crippen LogP contribution in [0.15, 0.2) is 0 Å². The molecule has 68 valence electrons. The van der Waals surface area contributed by atoms with Crippen molar-refractivity contribution in [3.63, 3.8) is 0 Å². The second kappa shape index (κ2) is 4.83. The first-order valence-corrected chi connectivity index (χ1v) is 7.32. The molecule has 0 heterocycles. The highest BCUT2D eigenvalue weighted by Crippen LogP contribution is 2.55. The molecule has 5 heteroatoms. The Bertz CT molecular complexity index is 145. The highest BCUT2D eigenvalue weighted by Gasteiger charge is 2.16. The monoisotopic (exact) mass is 214 g/mol. The molecule has 0 saturated heterocycles. The maximum absolute atomic E-state index is 5.32. The van der Waals surface area contributed by atoms with Crippen LogP contribution in [0.5, 0.6) is 0 Å². The van der Waals surface area contributed by atoms with Crippen molar-refractivity contribution in [1.29, 1.82) is 0 Å². The van der Waals surface area contributed by atoms with Crippen LogP contribution >= 0.6 is 17.9 Å². The van der Waals surface area contributed by atoms with Gasteiger partial charge in [-0.15, -0.1) is 0 Å². The van der Waals surface area contributed by atoms with Gasteiger partial charge in [0.2, 0.25) is 5.69 Å². The van der Waals surface area contributed by atoms with E-state index < -0.39 is 5.69 Å². The molecule has 0 aromatic carbocycles. The Hall–Kier alpha value is 0.920. The largest absolute Gasteiger partial charge is 0.319 e. The van der Waals surface area contributed by atoms with Gasteiger partial charge in [-0.3, -0.25) is 0 Å². The second-order valence-electron chi connectivity index (χ2n) is 2.78. The summed E-state index contributed by atoms with van der Waals surface area (Å²) in [7, 11) is 0. The Labute approximate surface area is 79.0 Å². The molecule has 0 amide bonds. The fourth-order valence-corrected chi connectivity index (χ4v) is 3.84. The maximum atomic E-state index is 5.32. The van der Waals surface area contributed by atoms with E-state index in [1.807, 2.05) is 27.7 Å². The molecule has 0 saturated carbocycles. The van der Waals surface area contributed by atoms with Crippen molar-refractivity contribution < 1.29 is 9.05 Å². The lowest BCUT2D eigenvalue weighted by Crippen LogP contribution is -2.04. The molecule has 0 aliphatic heterocycles. The first-order chi connectivity index (χ1) is 4.83. The average molecular weight is 214 g/mol. The molecule has 2 nitrogen and oxygen atoms in total. The van der Waals surface area contributed by atoms with Gasteiger partial charge in [0.05, 0.1) is 12.2 Å². The normalized spacial score (nSPS) is 13.0. The summed E-state index contributed by atoms with van der Waals surface area (Å²) in [4.78, 5) is 0. The van der Waals surface area contributed by atoms with E-state index in [4.69, 9.17) is 20.9 Å². The van der Waals surface area contributed by atoms with Crippen molar-refractivity contribution in [3.8, 4) is 0 Å². The fourth-order valence-electron chi connectivity index (χ4n) is 0.558. The Morgan fingerprint density at radius 2 is 1.36 bits per heavy atom. The van der Waals surface area contributed by atoms with Crippen LogP contribution in [0.1, 0.15) is 27.7 Å². The zero-order valence-corrected chi connectivity index (χ0v) is 9.88. The molecule has 0 bridgehead atoms. The zero-order chi connectivity index (χ0) is 9.07. The van der Waals surface area contributed by atoms with Gasteiger partial charge in [-0.05, 0) is 39.5 Å². The summed E-state index contributed by atoms with van der Waals surface area (Å²) >= 11 is 9.17. The van der Waals surface area contributed by atoms with Gasteiger partial charge >= 0.3 is 0 Å². The molecule has 0 spiro atoms. The van der Waals surface area contributed by atoms with Gasteiger partial charge in [0, 0.05) is 0 Å². The molecule has 11 heavy (non-hydrogen) atoms. The predicted octanol–water partition coefficient (Wildman–Crippen LogP) is 2.99. The fraction of sp³-hybridized carbons (Fsp3) is 1.00. The second-order valence-corrected chi connectivity index (χ2v) is 7.97. The van der Waals surface area contributed by atoms with Crippen LogP contribution in [0.3, 0.4) is 0 Å². The highest BCUT2D eigenvalue weighted by atomic mass is 32.9. The van der Waals surface area contributed by atoms with Crippen molar-refractivity contribution in [1.82, 2.24) is 0 Å². The minimum Gasteiger partial charge on any atom is -0.319 e. The van der Waals surface area contributed by atoms with Crippen molar-refractivity contribution in [2.45, 2.75) is 39.9 Å². The molecule has 0 N–H and O–H groups in total. The summed E-state index contributed by atoms with van der Waals surface area (Å²) in [6.07, 6.45) is 0.161. The van der Waals surface area contributed by atoms with Crippen LogP contribution < -0.4 is 0 Å². The lowest BCUT2D eigenvalue weighted by Gasteiger charge is -2.20. The first kappa shape index (κ1) is 11.9. The summed E-state index contributed by atoms with van der Waals surface area (Å²) in [5.74, 6) is 0. The van der Waals surface area contributed by atoms with Gasteiger partial charge in [0.25, 0.3) is 0 Å². The molecule has 0 radical (unpaired) electrons. The van der Waals surface area contributed by atoms with E-state index in [1.165, 1.54) is 0 Å².